The van der Waals surface area contributed by atoms with Gasteiger partial charge in [-0.25, -0.2) is 9.97 Å². The van der Waals surface area contributed by atoms with E-state index in [1.54, 1.807) is 0 Å². The number of rotatable bonds is 5. The summed E-state index contributed by atoms with van der Waals surface area (Å²) in [6, 6.07) is 0.674. The van der Waals surface area contributed by atoms with E-state index in [1.165, 1.54) is 72.6 Å². The van der Waals surface area contributed by atoms with Gasteiger partial charge in [-0.3, -0.25) is 4.90 Å². The standard InChI is InChI=1S/C18H26N4S/c1-21(12-18-20-16-8-4-5-9-17(16)23-18)11-15-10-19-13-22(15)14-6-2-3-7-14/h10,13-14H,2-9,11-12H2,1H3. The molecule has 2 heterocycles. The molecule has 2 aromatic rings. The monoisotopic (exact) mass is 330 g/mol. The molecule has 0 aromatic carbocycles. The van der Waals surface area contributed by atoms with E-state index in [0.29, 0.717) is 6.04 Å². The zero-order chi connectivity index (χ0) is 15.6. The van der Waals surface area contributed by atoms with Gasteiger partial charge in [-0.2, -0.15) is 0 Å². The first-order valence-corrected chi connectivity index (χ1v) is 9.78. The minimum absolute atomic E-state index is 0.674. The van der Waals surface area contributed by atoms with Crippen molar-refractivity contribution in [2.24, 2.45) is 0 Å². The molecule has 1 saturated carbocycles. The molecule has 0 aliphatic heterocycles. The molecule has 5 heteroatoms. The van der Waals surface area contributed by atoms with Crippen molar-refractivity contribution in [3.05, 3.63) is 33.8 Å². The molecule has 0 amide bonds. The predicted octanol–water partition coefficient (Wildman–Crippen LogP) is 3.97. The molecular formula is C18H26N4S. The minimum atomic E-state index is 0.674. The van der Waals surface area contributed by atoms with E-state index in [-0.39, 0.29) is 0 Å². The highest BCUT2D eigenvalue weighted by atomic mass is 32.1. The van der Waals surface area contributed by atoms with Gasteiger partial charge in [-0.15, -0.1) is 11.3 Å². The molecule has 0 atom stereocenters. The summed E-state index contributed by atoms with van der Waals surface area (Å²) >= 11 is 1.93. The maximum absolute atomic E-state index is 4.87. The molecule has 0 radical (unpaired) electrons. The highest BCUT2D eigenvalue weighted by Crippen LogP contribution is 2.31. The van der Waals surface area contributed by atoms with Crippen LogP contribution in [0.3, 0.4) is 0 Å². The first-order chi connectivity index (χ1) is 11.3. The Morgan fingerprint density at radius 3 is 2.83 bits per heavy atom. The third-order valence-electron chi connectivity index (χ3n) is 5.19. The summed E-state index contributed by atoms with van der Waals surface area (Å²) in [6.07, 6.45) is 14.5. The van der Waals surface area contributed by atoms with Gasteiger partial charge in [0.15, 0.2) is 0 Å². The minimum Gasteiger partial charge on any atom is -0.330 e. The van der Waals surface area contributed by atoms with Crippen LogP contribution in [0.2, 0.25) is 0 Å². The van der Waals surface area contributed by atoms with Crippen molar-refractivity contribution in [3.63, 3.8) is 0 Å². The molecule has 2 aromatic heterocycles. The molecule has 2 aliphatic carbocycles. The lowest BCUT2D eigenvalue weighted by Crippen LogP contribution is -2.20. The van der Waals surface area contributed by atoms with Gasteiger partial charge in [-0.05, 0) is 45.6 Å². The van der Waals surface area contributed by atoms with Crippen molar-refractivity contribution in [1.82, 2.24) is 19.4 Å². The summed E-state index contributed by atoms with van der Waals surface area (Å²) in [5.74, 6) is 0. The number of aromatic nitrogens is 3. The van der Waals surface area contributed by atoms with E-state index in [0.717, 1.165) is 13.1 Å². The zero-order valence-corrected chi connectivity index (χ0v) is 14.8. The van der Waals surface area contributed by atoms with Gasteiger partial charge in [0.1, 0.15) is 5.01 Å². The molecule has 4 nitrogen and oxygen atoms in total. The summed E-state index contributed by atoms with van der Waals surface area (Å²) in [4.78, 5) is 13.2. The lowest BCUT2D eigenvalue weighted by atomic mass is 10.0. The Kier molecular flexibility index (Phi) is 4.49. The van der Waals surface area contributed by atoms with Crippen molar-refractivity contribution in [2.75, 3.05) is 7.05 Å². The van der Waals surface area contributed by atoms with Gasteiger partial charge in [0, 0.05) is 23.7 Å². The number of aryl methyl sites for hydroxylation is 2. The summed E-state index contributed by atoms with van der Waals surface area (Å²) < 4.78 is 2.41. The van der Waals surface area contributed by atoms with Crippen molar-refractivity contribution in [1.29, 1.82) is 0 Å². The van der Waals surface area contributed by atoms with E-state index in [4.69, 9.17) is 4.98 Å². The van der Waals surface area contributed by atoms with E-state index in [9.17, 15) is 0 Å². The van der Waals surface area contributed by atoms with Crippen LogP contribution in [0.15, 0.2) is 12.5 Å². The van der Waals surface area contributed by atoms with Crippen molar-refractivity contribution >= 4 is 11.3 Å². The van der Waals surface area contributed by atoms with Crippen LogP contribution in [0.5, 0.6) is 0 Å². The van der Waals surface area contributed by atoms with Crippen molar-refractivity contribution in [3.8, 4) is 0 Å². The number of imidazole rings is 1. The number of thiazole rings is 1. The van der Waals surface area contributed by atoms with E-state index in [1.807, 2.05) is 23.9 Å². The molecule has 0 spiro atoms. The van der Waals surface area contributed by atoms with Crippen LogP contribution in [0.25, 0.3) is 0 Å². The van der Waals surface area contributed by atoms with Crippen LogP contribution in [0, 0.1) is 0 Å². The van der Waals surface area contributed by atoms with Gasteiger partial charge >= 0.3 is 0 Å². The van der Waals surface area contributed by atoms with Gasteiger partial charge in [0.2, 0.25) is 0 Å². The first kappa shape index (κ1) is 15.3. The normalized spacial score (nSPS) is 18.7. The van der Waals surface area contributed by atoms with Gasteiger partial charge in [0.05, 0.1) is 24.3 Å². The second kappa shape index (κ2) is 6.73. The Morgan fingerprint density at radius 2 is 2.00 bits per heavy atom. The zero-order valence-electron chi connectivity index (χ0n) is 14.0. The second-order valence-electron chi connectivity index (χ2n) is 7.09. The number of fused-ring (bicyclic) bond motifs is 1. The molecule has 1 fully saturated rings. The fourth-order valence-corrected chi connectivity index (χ4v) is 5.24. The van der Waals surface area contributed by atoms with Crippen LogP contribution in [-0.4, -0.2) is 26.5 Å². The van der Waals surface area contributed by atoms with Crippen molar-refractivity contribution < 1.29 is 0 Å². The van der Waals surface area contributed by atoms with Crippen molar-refractivity contribution in [2.45, 2.75) is 70.5 Å². The smallest absolute Gasteiger partial charge is 0.107 e. The molecule has 0 N–H and O–H groups in total. The summed E-state index contributed by atoms with van der Waals surface area (Å²) in [5.41, 5.74) is 2.72. The number of nitrogens with zero attached hydrogens (tertiary/aromatic N) is 4. The Bertz CT molecular complexity index is 630. The quantitative estimate of drug-likeness (QED) is 0.832. The Labute approximate surface area is 142 Å². The van der Waals surface area contributed by atoms with Gasteiger partial charge in [0.25, 0.3) is 0 Å². The number of hydrogen-bond donors (Lipinski definition) is 0. The lowest BCUT2D eigenvalue weighted by Gasteiger charge is -2.19. The van der Waals surface area contributed by atoms with E-state index < -0.39 is 0 Å². The third-order valence-corrected chi connectivity index (χ3v) is 6.33. The maximum Gasteiger partial charge on any atom is 0.107 e. The van der Waals surface area contributed by atoms with Crippen LogP contribution in [-0.2, 0) is 25.9 Å². The summed E-state index contributed by atoms with van der Waals surface area (Å²) in [5, 5.41) is 1.28. The maximum atomic E-state index is 4.87. The SMILES string of the molecule is CN(Cc1nc2c(s1)CCCC2)Cc1cncn1C1CCCC1. The Balaban J connectivity index is 1.41. The van der Waals surface area contributed by atoms with Crippen LogP contribution < -0.4 is 0 Å². The van der Waals surface area contributed by atoms with Crippen LogP contribution in [0.4, 0.5) is 0 Å². The molecule has 0 saturated heterocycles. The topological polar surface area (TPSA) is 34.0 Å². The number of hydrogen-bond acceptors (Lipinski definition) is 4. The lowest BCUT2D eigenvalue weighted by molar-refractivity contribution is 0.304. The summed E-state index contributed by atoms with van der Waals surface area (Å²) in [6.45, 7) is 1.91. The third kappa shape index (κ3) is 3.36. The fraction of sp³-hybridized carbons (Fsp3) is 0.667. The molecule has 0 unspecified atom stereocenters. The predicted molar refractivity (Wildman–Crippen MR) is 93.7 cm³/mol. The molecule has 23 heavy (non-hydrogen) atoms. The fourth-order valence-electron chi connectivity index (χ4n) is 4.00. The van der Waals surface area contributed by atoms with E-state index >= 15 is 0 Å². The summed E-state index contributed by atoms with van der Waals surface area (Å²) in [7, 11) is 2.20. The highest BCUT2D eigenvalue weighted by Gasteiger charge is 2.20. The van der Waals surface area contributed by atoms with E-state index in [2.05, 4.69) is 21.5 Å². The average Bonchev–Trinajstić information content (AvgIpc) is 3.26. The Hall–Kier alpha value is -1.20. The Morgan fingerprint density at radius 1 is 1.17 bits per heavy atom. The second-order valence-corrected chi connectivity index (χ2v) is 8.26. The largest absolute Gasteiger partial charge is 0.330 e. The molecule has 2 aliphatic rings. The van der Waals surface area contributed by atoms with Gasteiger partial charge in [-0.1, -0.05) is 12.8 Å². The highest BCUT2D eigenvalue weighted by molar-refractivity contribution is 7.11. The molecule has 124 valence electrons. The molecular weight excluding hydrogens is 304 g/mol. The molecule has 4 rings (SSSR count). The average molecular weight is 331 g/mol. The first-order valence-electron chi connectivity index (χ1n) is 8.96. The van der Waals surface area contributed by atoms with Crippen LogP contribution in [0.1, 0.15) is 65.8 Å². The van der Waals surface area contributed by atoms with Gasteiger partial charge < -0.3 is 4.57 Å². The molecule has 0 bridgehead atoms. The van der Waals surface area contributed by atoms with Crippen LogP contribution >= 0.6 is 11.3 Å².